The minimum Gasteiger partial charge on any atom is -0.443 e. The van der Waals surface area contributed by atoms with Crippen LogP contribution < -0.4 is 4.90 Å². The van der Waals surface area contributed by atoms with Gasteiger partial charge in [0.05, 0.1) is 0 Å². The normalized spacial score (nSPS) is 17.5. The van der Waals surface area contributed by atoms with Gasteiger partial charge < -0.3 is 4.74 Å². The first-order valence-electron chi connectivity index (χ1n) is 11.1. The van der Waals surface area contributed by atoms with E-state index in [0.29, 0.717) is 6.54 Å². The maximum absolute atomic E-state index is 13.0. The highest BCUT2D eigenvalue weighted by atomic mass is 16.6. The molecule has 0 saturated carbocycles. The van der Waals surface area contributed by atoms with E-state index in [1.54, 1.807) is 11.1 Å². The average Bonchev–Trinajstić information content (AvgIpc) is 2.72. The van der Waals surface area contributed by atoms with Crippen LogP contribution in [0.3, 0.4) is 0 Å². The summed E-state index contributed by atoms with van der Waals surface area (Å²) in [7, 11) is 0. The van der Waals surface area contributed by atoms with Gasteiger partial charge >= 0.3 is 6.09 Å². The van der Waals surface area contributed by atoms with E-state index in [0.717, 1.165) is 37.3 Å². The molecule has 1 amide bonds. The molecule has 1 aromatic heterocycles. The zero-order valence-corrected chi connectivity index (χ0v) is 18.8. The van der Waals surface area contributed by atoms with Gasteiger partial charge in [-0.2, -0.15) is 0 Å². The van der Waals surface area contributed by atoms with E-state index >= 15 is 0 Å². The van der Waals surface area contributed by atoms with Crippen molar-refractivity contribution in [1.82, 2.24) is 9.88 Å². The van der Waals surface area contributed by atoms with Crippen LogP contribution in [0.5, 0.6) is 0 Å². The number of piperidine rings is 1. The number of hydrogen-bond donors (Lipinski definition) is 0. The summed E-state index contributed by atoms with van der Waals surface area (Å²) >= 11 is 0. The highest BCUT2D eigenvalue weighted by molar-refractivity contribution is 5.87. The summed E-state index contributed by atoms with van der Waals surface area (Å²) in [4.78, 5) is 21.9. The number of likely N-dealkylation sites (tertiary alicyclic amines) is 1. The van der Waals surface area contributed by atoms with Gasteiger partial charge in [0.2, 0.25) is 0 Å². The first kappa shape index (κ1) is 22.3. The van der Waals surface area contributed by atoms with Gasteiger partial charge in [0, 0.05) is 30.9 Å². The Hall–Kier alpha value is -2.40. The molecular weight excluding hydrogens is 374 g/mol. The number of benzene rings is 1. The lowest BCUT2D eigenvalue weighted by molar-refractivity contribution is 0.0577. The summed E-state index contributed by atoms with van der Waals surface area (Å²) in [5, 5.41) is 0. The van der Waals surface area contributed by atoms with Crippen molar-refractivity contribution in [2.45, 2.75) is 71.6 Å². The highest BCUT2D eigenvalue weighted by Crippen LogP contribution is 2.36. The van der Waals surface area contributed by atoms with Crippen LogP contribution in [0.25, 0.3) is 0 Å². The van der Waals surface area contributed by atoms with Crippen molar-refractivity contribution < 1.29 is 9.53 Å². The number of carbonyl (C=O) groups is 1. The van der Waals surface area contributed by atoms with Crippen molar-refractivity contribution in [2.75, 3.05) is 18.0 Å². The van der Waals surface area contributed by atoms with Crippen molar-refractivity contribution in [3.05, 3.63) is 59.8 Å². The summed E-state index contributed by atoms with van der Waals surface area (Å²) in [6.07, 6.45) is 5.74. The summed E-state index contributed by atoms with van der Waals surface area (Å²) in [5.41, 5.74) is 1.89. The Morgan fingerprint density at radius 2 is 1.93 bits per heavy atom. The van der Waals surface area contributed by atoms with Gasteiger partial charge in [0.15, 0.2) is 0 Å². The molecule has 0 unspecified atom stereocenters. The Balaban J connectivity index is 1.91. The van der Waals surface area contributed by atoms with Crippen molar-refractivity contribution in [3.63, 3.8) is 0 Å². The molecule has 2 aromatic rings. The number of aromatic nitrogens is 1. The number of nitrogens with zero attached hydrogens (tertiary/aromatic N) is 3. The first-order chi connectivity index (χ1) is 14.4. The summed E-state index contributed by atoms with van der Waals surface area (Å²) in [6, 6.07) is 14.9. The zero-order valence-electron chi connectivity index (χ0n) is 18.8. The minimum absolute atomic E-state index is 0.240. The molecule has 0 spiro atoms. The first-order valence-corrected chi connectivity index (χ1v) is 11.1. The second-order valence-electron chi connectivity index (χ2n) is 9.02. The standard InChI is InChI=1S/C25H35N3O2/c1-5-17-28(24(29)30-25(2,3)4)23-21(14-11-16-26-23)22-15-9-10-18-27(22)19-20-12-7-6-8-13-20/h6-8,11-14,16,22H,5,9-10,15,17-19H2,1-4H3/t22-/m0/s1. The molecule has 0 N–H and O–H groups in total. The average molecular weight is 410 g/mol. The highest BCUT2D eigenvalue weighted by Gasteiger charge is 2.31. The number of pyridine rings is 1. The Morgan fingerprint density at radius 1 is 1.17 bits per heavy atom. The van der Waals surface area contributed by atoms with Crippen LogP contribution in [0.4, 0.5) is 10.6 Å². The quantitative estimate of drug-likeness (QED) is 0.590. The lowest BCUT2D eigenvalue weighted by Crippen LogP contribution is -2.40. The number of rotatable bonds is 6. The van der Waals surface area contributed by atoms with Crippen LogP contribution >= 0.6 is 0 Å². The van der Waals surface area contributed by atoms with Gasteiger partial charge in [-0.15, -0.1) is 0 Å². The van der Waals surface area contributed by atoms with Crippen LogP contribution in [0, 0.1) is 0 Å². The van der Waals surface area contributed by atoms with Gasteiger partial charge in [0.25, 0.3) is 0 Å². The van der Waals surface area contributed by atoms with E-state index in [4.69, 9.17) is 4.74 Å². The monoisotopic (exact) mass is 409 g/mol. The number of carbonyl (C=O) groups excluding carboxylic acids is 1. The van der Waals surface area contributed by atoms with E-state index in [1.807, 2.05) is 26.8 Å². The molecule has 2 heterocycles. The lowest BCUT2D eigenvalue weighted by atomic mass is 9.94. The van der Waals surface area contributed by atoms with Crippen LogP contribution in [-0.4, -0.2) is 34.7 Å². The molecule has 0 radical (unpaired) electrons. The number of amides is 1. The number of hydrogen-bond acceptors (Lipinski definition) is 4. The molecule has 1 aromatic carbocycles. The van der Waals surface area contributed by atoms with Gasteiger partial charge in [-0.25, -0.2) is 9.78 Å². The second-order valence-corrected chi connectivity index (χ2v) is 9.02. The Labute approximate surface area is 181 Å². The van der Waals surface area contributed by atoms with Crippen LogP contribution in [0.1, 0.15) is 70.5 Å². The lowest BCUT2D eigenvalue weighted by Gasteiger charge is -2.38. The topological polar surface area (TPSA) is 45.7 Å². The number of anilines is 1. The number of ether oxygens (including phenoxy) is 1. The molecule has 30 heavy (non-hydrogen) atoms. The van der Waals surface area contributed by atoms with Crippen LogP contribution in [-0.2, 0) is 11.3 Å². The molecule has 1 saturated heterocycles. The predicted molar refractivity (Wildman–Crippen MR) is 122 cm³/mol. The largest absolute Gasteiger partial charge is 0.443 e. The molecule has 5 nitrogen and oxygen atoms in total. The summed E-state index contributed by atoms with van der Waals surface area (Å²) in [5.74, 6) is 0.735. The SMILES string of the molecule is CCCN(C(=O)OC(C)(C)C)c1ncccc1[C@@H]1CCCCN1Cc1ccccc1. The molecule has 1 aliphatic heterocycles. The predicted octanol–water partition coefficient (Wildman–Crippen LogP) is 5.96. The Bertz CT molecular complexity index is 817. The van der Waals surface area contributed by atoms with E-state index in [9.17, 15) is 4.79 Å². The van der Waals surface area contributed by atoms with E-state index in [-0.39, 0.29) is 12.1 Å². The van der Waals surface area contributed by atoms with Gasteiger partial charge in [0.1, 0.15) is 11.4 Å². The fraction of sp³-hybridized carbons (Fsp3) is 0.520. The van der Waals surface area contributed by atoms with Gasteiger partial charge in [-0.3, -0.25) is 9.80 Å². The summed E-state index contributed by atoms with van der Waals surface area (Å²) < 4.78 is 5.71. The van der Waals surface area contributed by atoms with E-state index in [2.05, 4.69) is 53.2 Å². The molecule has 1 atom stereocenters. The molecule has 1 fully saturated rings. The molecule has 1 aliphatic rings. The van der Waals surface area contributed by atoms with Crippen LogP contribution in [0.15, 0.2) is 48.7 Å². The zero-order chi connectivity index (χ0) is 21.6. The fourth-order valence-electron chi connectivity index (χ4n) is 4.07. The molecule has 5 heteroatoms. The molecule has 3 rings (SSSR count). The molecular formula is C25H35N3O2. The molecule has 0 bridgehead atoms. The fourth-order valence-corrected chi connectivity index (χ4v) is 4.07. The summed E-state index contributed by atoms with van der Waals surface area (Å²) in [6.45, 7) is 10.3. The van der Waals surface area contributed by atoms with Crippen LogP contribution in [0.2, 0.25) is 0 Å². The third kappa shape index (κ3) is 5.82. The smallest absolute Gasteiger partial charge is 0.416 e. The van der Waals surface area contributed by atoms with Crippen molar-refractivity contribution in [3.8, 4) is 0 Å². The van der Waals surface area contributed by atoms with Crippen molar-refractivity contribution in [2.24, 2.45) is 0 Å². The van der Waals surface area contributed by atoms with Crippen molar-refractivity contribution in [1.29, 1.82) is 0 Å². The maximum atomic E-state index is 13.0. The second kappa shape index (κ2) is 10.1. The van der Waals surface area contributed by atoms with Gasteiger partial charge in [-0.1, -0.05) is 49.7 Å². The van der Waals surface area contributed by atoms with Gasteiger partial charge in [-0.05, 0) is 58.2 Å². The Morgan fingerprint density at radius 3 is 2.63 bits per heavy atom. The Kier molecular flexibility index (Phi) is 7.48. The molecule has 162 valence electrons. The van der Waals surface area contributed by atoms with Crippen molar-refractivity contribution >= 4 is 11.9 Å². The third-order valence-corrected chi connectivity index (χ3v) is 5.33. The van der Waals surface area contributed by atoms with E-state index in [1.165, 1.54) is 18.4 Å². The van der Waals surface area contributed by atoms with E-state index < -0.39 is 5.60 Å². The third-order valence-electron chi connectivity index (χ3n) is 5.33. The maximum Gasteiger partial charge on any atom is 0.416 e. The minimum atomic E-state index is -0.539. The molecule has 0 aliphatic carbocycles.